The Bertz CT molecular complexity index is 1470. The highest BCUT2D eigenvalue weighted by molar-refractivity contribution is 9.10. The van der Waals surface area contributed by atoms with E-state index in [1.54, 1.807) is 45.0 Å². The Morgan fingerprint density at radius 1 is 0.955 bits per heavy atom. The summed E-state index contributed by atoms with van der Waals surface area (Å²) < 4.78 is 22.4. The summed E-state index contributed by atoms with van der Waals surface area (Å²) in [5.41, 5.74) is 3.88. The molecule has 234 valence electrons. The number of nitrogens with one attached hydrogen (secondary N) is 2. The van der Waals surface area contributed by atoms with Gasteiger partial charge in [-0.1, -0.05) is 53.5 Å². The van der Waals surface area contributed by atoms with E-state index in [-0.39, 0.29) is 30.4 Å². The van der Waals surface area contributed by atoms with E-state index in [1.807, 2.05) is 30.3 Å². The van der Waals surface area contributed by atoms with Gasteiger partial charge in [0, 0.05) is 11.4 Å². The lowest BCUT2D eigenvalue weighted by molar-refractivity contribution is -0.145. The first kappa shape index (κ1) is 34.7. The first-order chi connectivity index (χ1) is 21.1. The summed E-state index contributed by atoms with van der Waals surface area (Å²) in [7, 11) is 0. The number of benzene rings is 3. The number of hydrogen-bond donors (Lipinski definition) is 2. The summed E-state index contributed by atoms with van der Waals surface area (Å²) in [6, 6.07) is 16.3. The molecule has 3 aromatic carbocycles. The highest BCUT2D eigenvalue weighted by atomic mass is 79.9. The van der Waals surface area contributed by atoms with Gasteiger partial charge in [0.2, 0.25) is 0 Å². The maximum Gasteiger partial charge on any atom is 0.344 e. The number of carbonyl (C=O) groups excluding carboxylic acids is 3. The number of halogens is 3. The number of hydrazone groups is 1. The molecule has 0 aromatic heterocycles. The fourth-order valence-electron chi connectivity index (χ4n) is 3.81. The lowest BCUT2D eigenvalue weighted by Crippen LogP contribution is -2.50. The first-order valence-electron chi connectivity index (χ1n) is 13.6. The monoisotopic (exact) mass is 707 g/mol. The Hall–Kier alpha value is -3.80. The van der Waals surface area contributed by atoms with Gasteiger partial charge in [-0.3, -0.25) is 9.59 Å². The number of nitrogens with zero attached hydrogens (tertiary/aromatic N) is 1. The number of amides is 2. The van der Waals surface area contributed by atoms with Crippen LogP contribution >= 0.6 is 39.1 Å². The van der Waals surface area contributed by atoms with Crippen LogP contribution in [0.2, 0.25) is 10.0 Å². The molecule has 0 spiro atoms. The van der Waals surface area contributed by atoms with E-state index in [4.69, 9.17) is 42.1 Å². The molecule has 0 aliphatic carbocycles. The van der Waals surface area contributed by atoms with Gasteiger partial charge in [-0.05, 0) is 78.2 Å². The predicted molar refractivity (Wildman–Crippen MR) is 172 cm³/mol. The van der Waals surface area contributed by atoms with Crippen molar-refractivity contribution in [3.05, 3.63) is 86.3 Å². The summed E-state index contributed by atoms with van der Waals surface area (Å²) in [6.45, 7) is 5.35. The molecular weight excluding hydrogens is 677 g/mol. The normalized spacial score (nSPS) is 12.2. The molecule has 0 fully saturated rings. The topological polar surface area (TPSA) is 125 Å². The van der Waals surface area contributed by atoms with E-state index in [2.05, 4.69) is 31.8 Å². The van der Waals surface area contributed by atoms with Crippen LogP contribution in [0, 0.1) is 0 Å². The fraction of sp³-hybridized carbons (Fsp3) is 0.290. The van der Waals surface area contributed by atoms with Crippen molar-refractivity contribution in [3.63, 3.8) is 0 Å². The van der Waals surface area contributed by atoms with Crippen molar-refractivity contribution >= 4 is 63.1 Å². The molecule has 44 heavy (non-hydrogen) atoms. The van der Waals surface area contributed by atoms with Crippen molar-refractivity contribution in [2.24, 2.45) is 5.10 Å². The van der Waals surface area contributed by atoms with E-state index in [9.17, 15) is 14.4 Å². The summed E-state index contributed by atoms with van der Waals surface area (Å²) >= 11 is 15.5. The average molecular weight is 709 g/mol. The maximum absolute atomic E-state index is 13.2. The fourth-order valence-corrected chi connectivity index (χ4v) is 4.84. The van der Waals surface area contributed by atoms with Crippen LogP contribution in [0.3, 0.4) is 0 Å². The zero-order valence-electron chi connectivity index (χ0n) is 24.3. The Morgan fingerprint density at radius 2 is 1.70 bits per heavy atom. The first-order valence-corrected chi connectivity index (χ1v) is 15.2. The second-order valence-electron chi connectivity index (χ2n) is 9.18. The van der Waals surface area contributed by atoms with Crippen LogP contribution in [-0.2, 0) is 25.5 Å². The Morgan fingerprint density at radius 3 is 2.39 bits per heavy atom. The van der Waals surface area contributed by atoms with Gasteiger partial charge in [0.05, 0.1) is 28.9 Å². The van der Waals surface area contributed by atoms with Gasteiger partial charge in [-0.25, -0.2) is 10.2 Å². The smallest absolute Gasteiger partial charge is 0.344 e. The Labute approximate surface area is 274 Å². The molecule has 0 heterocycles. The second kappa shape index (κ2) is 17.5. The minimum absolute atomic E-state index is 0.203. The summed E-state index contributed by atoms with van der Waals surface area (Å²) in [5.74, 6) is -0.622. The number of carbonyl (C=O) groups is 3. The zero-order valence-corrected chi connectivity index (χ0v) is 27.4. The molecule has 2 atom stereocenters. The van der Waals surface area contributed by atoms with E-state index in [0.717, 1.165) is 5.56 Å². The molecular formula is C31H32BrCl2N3O7. The SMILES string of the molecule is CCOC(=O)COc1c(Br)cc(/C=N\NC(=O)[C@@H](Cc2ccccc2)NC(=O)[C@@H](C)Oc2ccc(Cl)cc2Cl)cc1OCC. The van der Waals surface area contributed by atoms with E-state index >= 15 is 0 Å². The van der Waals surface area contributed by atoms with Crippen molar-refractivity contribution in [2.75, 3.05) is 19.8 Å². The molecule has 2 amide bonds. The van der Waals surface area contributed by atoms with Crippen molar-refractivity contribution in [2.45, 2.75) is 39.3 Å². The Balaban J connectivity index is 1.72. The van der Waals surface area contributed by atoms with E-state index in [1.165, 1.54) is 12.3 Å². The largest absolute Gasteiger partial charge is 0.490 e. The molecule has 0 radical (unpaired) electrons. The van der Waals surface area contributed by atoms with Crippen molar-refractivity contribution in [3.8, 4) is 17.2 Å². The molecule has 13 heteroatoms. The highest BCUT2D eigenvalue weighted by Crippen LogP contribution is 2.36. The molecule has 0 aliphatic heterocycles. The average Bonchev–Trinajstić information content (AvgIpc) is 2.98. The molecule has 0 bridgehead atoms. The minimum Gasteiger partial charge on any atom is -0.490 e. The molecule has 0 aliphatic rings. The van der Waals surface area contributed by atoms with Crippen LogP contribution in [-0.4, -0.2) is 56.0 Å². The van der Waals surface area contributed by atoms with Crippen LogP contribution in [0.4, 0.5) is 0 Å². The highest BCUT2D eigenvalue weighted by Gasteiger charge is 2.25. The molecule has 2 N–H and O–H groups in total. The second-order valence-corrected chi connectivity index (χ2v) is 10.9. The van der Waals surface area contributed by atoms with Crippen LogP contribution in [0.1, 0.15) is 31.9 Å². The molecule has 3 aromatic rings. The van der Waals surface area contributed by atoms with Crippen LogP contribution in [0.5, 0.6) is 17.2 Å². The van der Waals surface area contributed by atoms with Crippen molar-refractivity contribution < 1.29 is 33.3 Å². The number of hydrogen-bond acceptors (Lipinski definition) is 8. The number of esters is 1. The third kappa shape index (κ3) is 10.7. The van der Waals surface area contributed by atoms with Crippen LogP contribution in [0.25, 0.3) is 0 Å². The molecule has 0 unspecified atom stereocenters. The van der Waals surface area contributed by atoms with Crippen molar-refractivity contribution in [1.82, 2.24) is 10.7 Å². The quantitative estimate of drug-likeness (QED) is 0.117. The third-order valence-corrected chi connectivity index (χ3v) is 6.96. The maximum atomic E-state index is 13.2. The van der Waals surface area contributed by atoms with Gasteiger partial charge in [0.1, 0.15) is 11.8 Å². The summed E-state index contributed by atoms with van der Waals surface area (Å²) in [5, 5.41) is 7.51. The summed E-state index contributed by atoms with van der Waals surface area (Å²) in [6.07, 6.45) is 0.646. The molecule has 10 nitrogen and oxygen atoms in total. The van der Waals surface area contributed by atoms with Gasteiger partial charge in [-0.15, -0.1) is 0 Å². The predicted octanol–water partition coefficient (Wildman–Crippen LogP) is 5.74. The van der Waals surface area contributed by atoms with Gasteiger partial charge in [-0.2, -0.15) is 5.10 Å². The third-order valence-electron chi connectivity index (χ3n) is 5.84. The molecule has 0 saturated heterocycles. The van der Waals surface area contributed by atoms with E-state index in [0.29, 0.717) is 33.2 Å². The van der Waals surface area contributed by atoms with Crippen molar-refractivity contribution in [1.29, 1.82) is 0 Å². The lowest BCUT2D eigenvalue weighted by Gasteiger charge is -2.21. The number of ether oxygens (including phenoxy) is 4. The van der Waals surface area contributed by atoms with Gasteiger partial charge < -0.3 is 24.3 Å². The van der Waals surface area contributed by atoms with Crippen LogP contribution < -0.4 is 25.0 Å². The van der Waals surface area contributed by atoms with Gasteiger partial charge >= 0.3 is 5.97 Å². The van der Waals surface area contributed by atoms with Gasteiger partial charge in [0.25, 0.3) is 11.8 Å². The lowest BCUT2D eigenvalue weighted by atomic mass is 10.1. The zero-order chi connectivity index (χ0) is 32.1. The van der Waals surface area contributed by atoms with Crippen LogP contribution in [0.15, 0.2) is 70.2 Å². The van der Waals surface area contributed by atoms with Gasteiger partial charge in [0.15, 0.2) is 24.2 Å². The summed E-state index contributed by atoms with van der Waals surface area (Å²) in [4.78, 5) is 38.0. The standard InChI is InChI=1S/C31H32BrCl2N3O7/c1-4-41-27-15-21(13-23(32)29(27)43-18-28(38)42-5-2)17-35-37-31(40)25(14-20-9-7-6-8-10-20)36-30(39)19(3)44-26-12-11-22(33)16-24(26)34/h6-13,15-17,19,25H,4-5,14,18H2,1-3H3,(H,36,39)(H,37,40)/b35-17-/t19-,25-/m1/s1. The minimum atomic E-state index is -0.974. The van der Waals surface area contributed by atoms with E-state index < -0.39 is 29.9 Å². The molecule has 0 saturated carbocycles. The Kier molecular flexibility index (Phi) is 13.8. The number of rotatable bonds is 15. The molecule has 3 rings (SSSR count).